The number of amides is 1. The Morgan fingerprint density at radius 1 is 1.30 bits per heavy atom. The van der Waals surface area contributed by atoms with Gasteiger partial charge in [-0.2, -0.15) is 0 Å². The van der Waals surface area contributed by atoms with E-state index in [1.54, 1.807) is 6.07 Å². The number of carbonyl (C=O) groups excluding carboxylic acids is 1. The van der Waals surface area contributed by atoms with Gasteiger partial charge in [-0.05, 0) is 36.8 Å². The van der Waals surface area contributed by atoms with E-state index in [1.165, 1.54) is 0 Å². The highest BCUT2D eigenvalue weighted by Gasteiger charge is 2.55. The number of aliphatic carboxylic acids is 1. The van der Waals surface area contributed by atoms with Gasteiger partial charge in [0.2, 0.25) is 0 Å². The van der Waals surface area contributed by atoms with E-state index in [2.05, 4.69) is 13.8 Å². The first kappa shape index (κ1) is 16.0. The van der Waals surface area contributed by atoms with E-state index in [9.17, 15) is 14.7 Å². The number of fused-ring (bicyclic) bond motifs is 1. The third-order valence-corrected chi connectivity index (χ3v) is 5.47. The SMILES string of the molecule is CC(C)CCN1C(=O)c2ccccc2[C@H](C(=O)O)C12CCCC2. The van der Waals surface area contributed by atoms with Crippen molar-refractivity contribution in [2.24, 2.45) is 5.92 Å². The van der Waals surface area contributed by atoms with Gasteiger partial charge < -0.3 is 10.0 Å². The number of carbonyl (C=O) groups is 2. The average Bonchev–Trinajstić information content (AvgIpc) is 2.96. The molecule has 1 aliphatic heterocycles. The number of rotatable bonds is 4. The first-order chi connectivity index (χ1) is 11.0. The van der Waals surface area contributed by atoms with Crippen molar-refractivity contribution in [1.29, 1.82) is 0 Å². The van der Waals surface area contributed by atoms with E-state index in [0.717, 1.165) is 32.1 Å². The fourth-order valence-corrected chi connectivity index (χ4v) is 4.36. The van der Waals surface area contributed by atoms with Crippen LogP contribution in [0.4, 0.5) is 0 Å². The second-order valence-corrected chi connectivity index (χ2v) is 7.31. The van der Waals surface area contributed by atoms with Gasteiger partial charge in [0, 0.05) is 12.1 Å². The van der Waals surface area contributed by atoms with Gasteiger partial charge in [-0.25, -0.2) is 0 Å². The van der Waals surface area contributed by atoms with Crippen molar-refractivity contribution in [3.05, 3.63) is 35.4 Å². The summed E-state index contributed by atoms with van der Waals surface area (Å²) >= 11 is 0. The van der Waals surface area contributed by atoms with Crippen LogP contribution >= 0.6 is 0 Å². The molecule has 0 aromatic heterocycles. The van der Waals surface area contributed by atoms with Gasteiger partial charge in [0.25, 0.3) is 5.91 Å². The number of carboxylic acids is 1. The molecule has 0 saturated heterocycles. The largest absolute Gasteiger partial charge is 0.481 e. The molecule has 1 amide bonds. The lowest BCUT2D eigenvalue weighted by molar-refractivity contribution is -0.143. The van der Waals surface area contributed by atoms with E-state index >= 15 is 0 Å². The minimum Gasteiger partial charge on any atom is -0.481 e. The summed E-state index contributed by atoms with van der Waals surface area (Å²) in [5.74, 6) is -0.908. The molecule has 4 nitrogen and oxygen atoms in total. The Kier molecular flexibility index (Phi) is 4.17. The summed E-state index contributed by atoms with van der Waals surface area (Å²) in [6, 6.07) is 7.26. The van der Waals surface area contributed by atoms with Crippen LogP contribution in [0, 0.1) is 5.92 Å². The Hall–Kier alpha value is -1.84. The number of carboxylic acid groups (broad SMARTS) is 1. The molecule has 1 spiro atoms. The van der Waals surface area contributed by atoms with Crippen molar-refractivity contribution < 1.29 is 14.7 Å². The quantitative estimate of drug-likeness (QED) is 0.922. The van der Waals surface area contributed by atoms with Crippen molar-refractivity contribution in [2.45, 2.75) is 57.4 Å². The predicted octanol–water partition coefficient (Wildman–Crippen LogP) is 3.67. The maximum atomic E-state index is 13.1. The standard InChI is InChI=1S/C19H25NO3/c1-13(2)9-12-20-17(21)15-8-4-3-7-14(15)16(18(22)23)19(20)10-5-6-11-19/h3-4,7-8,13,16H,5-6,9-12H2,1-2H3,(H,22,23)/t16-/m1/s1. The lowest BCUT2D eigenvalue weighted by Crippen LogP contribution is -2.59. The van der Waals surface area contributed by atoms with Crippen molar-refractivity contribution >= 4 is 11.9 Å². The normalized spacial score (nSPS) is 22.7. The first-order valence-corrected chi connectivity index (χ1v) is 8.61. The fourth-order valence-electron chi connectivity index (χ4n) is 4.36. The van der Waals surface area contributed by atoms with Crippen LogP contribution in [-0.4, -0.2) is 34.0 Å². The zero-order valence-corrected chi connectivity index (χ0v) is 13.9. The highest BCUT2D eigenvalue weighted by Crippen LogP contribution is 2.50. The Balaban J connectivity index is 2.11. The molecule has 1 saturated carbocycles. The Morgan fingerprint density at radius 3 is 2.57 bits per heavy atom. The summed E-state index contributed by atoms with van der Waals surface area (Å²) in [6.45, 7) is 4.92. The Morgan fingerprint density at radius 2 is 1.96 bits per heavy atom. The van der Waals surface area contributed by atoms with Crippen LogP contribution in [-0.2, 0) is 4.79 Å². The molecular formula is C19H25NO3. The van der Waals surface area contributed by atoms with Gasteiger partial charge in [0.15, 0.2) is 0 Å². The highest BCUT2D eigenvalue weighted by atomic mass is 16.4. The molecule has 0 unspecified atom stereocenters. The molecule has 0 radical (unpaired) electrons. The molecule has 1 fully saturated rings. The van der Waals surface area contributed by atoms with E-state index in [4.69, 9.17) is 0 Å². The van der Waals surface area contributed by atoms with Crippen LogP contribution in [0.1, 0.15) is 67.8 Å². The van der Waals surface area contributed by atoms with Gasteiger partial charge in [-0.1, -0.05) is 44.9 Å². The molecule has 124 valence electrons. The summed E-state index contributed by atoms with van der Waals surface area (Å²) in [5.41, 5.74) is 0.737. The summed E-state index contributed by atoms with van der Waals surface area (Å²) in [6.07, 6.45) is 4.49. The van der Waals surface area contributed by atoms with Crippen molar-refractivity contribution in [3.63, 3.8) is 0 Å². The smallest absolute Gasteiger partial charge is 0.313 e. The van der Waals surface area contributed by atoms with Gasteiger partial charge in [-0.3, -0.25) is 9.59 Å². The fraction of sp³-hybridized carbons (Fsp3) is 0.579. The lowest BCUT2D eigenvalue weighted by Gasteiger charge is -2.49. The molecule has 2 aliphatic rings. The molecule has 23 heavy (non-hydrogen) atoms. The summed E-state index contributed by atoms with van der Waals surface area (Å²) in [4.78, 5) is 27.1. The van der Waals surface area contributed by atoms with E-state index < -0.39 is 17.4 Å². The van der Waals surface area contributed by atoms with E-state index in [-0.39, 0.29) is 5.91 Å². The van der Waals surface area contributed by atoms with Gasteiger partial charge >= 0.3 is 5.97 Å². The van der Waals surface area contributed by atoms with Crippen molar-refractivity contribution in [2.75, 3.05) is 6.54 Å². The number of benzene rings is 1. The van der Waals surface area contributed by atoms with Crippen molar-refractivity contribution in [1.82, 2.24) is 4.90 Å². The predicted molar refractivity (Wildman–Crippen MR) is 88.5 cm³/mol. The Bertz CT molecular complexity index is 617. The number of hydrogen-bond donors (Lipinski definition) is 1. The van der Waals surface area contributed by atoms with Crippen LogP contribution < -0.4 is 0 Å². The molecule has 4 heteroatoms. The molecule has 1 aromatic rings. The Labute approximate surface area is 137 Å². The second kappa shape index (κ2) is 5.99. The zero-order chi connectivity index (χ0) is 16.6. The molecule has 3 rings (SSSR count). The van der Waals surface area contributed by atoms with Crippen LogP contribution in [0.2, 0.25) is 0 Å². The van der Waals surface area contributed by atoms with Gasteiger partial charge in [0.05, 0.1) is 5.54 Å². The highest BCUT2D eigenvalue weighted by molar-refractivity contribution is 6.01. The molecule has 1 aliphatic carbocycles. The number of nitrogens with zero attached hydrogens (tertiary/aromatic N) is 1. The second-order valence-electron chi connectivity index (χ2n) is 7.31. The van der Waals surface area contributed by atoms with E-state index in [0.29, 0.717) is 23.6 Å². The maximum absolute atomic E-state index is 13.1. The molecule has 1 atom stereocenters. The topological polar surface area (TPSA) is 57.6 Å². The molecule has 1 N–H and O–H groups in total. The van der Waals surface area contributed by atoms with Gasteiger partial charge in [-0.15, -0.1) is 0 Å². The van der Waals surface area contributed by atoms with Crippen molar-refractivity contribution in [3.8, 4) is 0 Å². The third kappa shape index (κ3) is 2.54. The van der Waals surface area contributed by atoms with Crippen LogP contribution in [0.15, 0.2) is 24.3 Å². The van der Waals surface area contributed by atoms with Crippen LogP contribution in [0.25, 0.3) is 0 Å². The maximum Gasteiger partial charge on any atom is 0.313 e. The summed E-state index contributed by atoms with van der Waals surface area (Å²) in [7, 11) is 0. The van der Waals surface area contributed by atoms with E-state index in [1.807, 2.05) is 23.1 Å². The third-order valence-electron chi connectivity index (χ3n) is 5.47. The van der Waals surface area contributed by atoms with Crippen LogP contribution in [0.5, 0.6) is 0 Å². The average molecular weight is 315 g/mol. The zero-order valence-electron chi connectivity index (χ0n) is 13.9. The molecule has 1 aromatic carbocycles. The minimum atomic E-state index is -0.804. The molecule has 0 bridgehead atoms. The van der Waals surface area contributed by atoms with Crippen LogP contribution in [0.3, 0.4) is 0 Å². The summed E-state index contributed by atoms with van der Waals surface area (Å²) in [5, 5.41) is 9.95. The van der Waals surface area contributed by atoms with Gasteiger partial charge in [0.1, 0.15) is 5.92 Å². The lowest BCUT2D eigenvalue weighted by atomic mass is 9.71. The molecular weight excluding hydrogens is 290 g/mol. The monoisotopic (exact) mass is 315 g/mol. The molecule has 1 heterocycles. The number of hydrogen-bond acceptors (Lipinski definition) is 2. The minimum absolute atomic E-state index is 0.0145. The first-order valence-electron chi connectivity index (χ1n) is 8.61. The summed E-state index contributed by atoms with van der Waals surface area (Å²) < 4.78 is 0.